The standard InChI is InChI=1S/C21H18N2O3S2/c1-25-14-3-7-16(8-4-14)27-19-11-12-20(21-18(19)13-22-23-21)28(24)17-9-5-15(26-2)6-10-17/h3-13H,1-2H3,(H,22,23). The SMILES string of the molecule is COc1ccc(Sc2ccc(S(=O)c3ccc(OC)cc3)c3[nH]ncc23)cc1. The third kappa shape index (κ3) is 3.63. The fourth-order valence-corrected chi connectivity index (χ4v) is 4.92. The van der Waals surface area contributed by atoms with Gasteiger partial charge >= 0.3 is 0 Å². The lowest BCUT2D eigenvalue weighted by Crippen LogP contribution is -1.95. The molecule has 1 heterocycles. The molecule has 0 bridgehead atoms. The van der Waals surface area contributed by atoms with E-state index in [1.54, 1.807) is 32.2 Å². The highest BCUT2D eigenvalue weighted by molar-refractivity contribution is 7.99. The molecule has 0 fully saturated rings. The average molecular weight is 411 g/mol. The summed E-state index contributed by atoms with van der Waals surface area (Å²) >= 11 is 1.63. The van der Waals surface area contributed by atoms with E-state index in [1.807, 2.05) is 60.7 Å². The maximum atomic E-state index is 13.1. The lowest BCUT2D eigenvalue weighted by Gasteiger charge is -2.09. The van der Waals surface area contributed by atoms with Crippen LogP contribution in [0.15, 0.2) is 86.4 Å². The van der Waals surface area contributed by atoms with Gasteiger partial charge in [-0.05, 0) is 60.7 Å². The van der Waals surface area contributed by atoms with Gasteiger partial charge in [-0.15, -0.1) is 0 Å². The highest BCUT2D eigenvalue weighted by Crippen LogP contribution is 2.36. The van der Waals surface area contributed by atoms with Gasteiger partial charge in [-0.25, -0.2) is 4.21 Å². The topological polar surface area (TPSA) is 64.2 Å². The Kier molecular flexibility index (Phi) is 5.36. The Morgan fingerprint density at radius 2 is 1.54 bits per heavy atom. The fraction of sp³-hybridized carbons (Fsp3) is 0.0952. The van der Waals surface area contributed by atoms with Crippen LogP contribution >= 0.6 is 11.8 Å². The number of methoxy groups -OCH3 is 2. The van der Waals surface area contributed by atoms with Crippen LogP contribution in [0.1, 0.15) is 0 Å². The van der Waals surface area contributed by atoms with Crippen molar-refractivity contribution < 1.29 is 13.7 Å². The molecule has 0 amide bonds. The fourth-order valence-electron chi connectivity index (χ4n) is 2.83. The highest BCUT2D eigenvalue weighted by Gasteiger charge is 2.15. The molecule has 1 N–H and O–H groups in total. The van der Waals surface area contributed by atoms with E-state index >= 15 is 0 Å². The van der Waals surface area contributed by atoms with E-state index in [2.05, 4.69) is 10.2 Å². The number of aromatic amines is 1. The number of aromatic nitrogens is 2. The molecule has 142 valence electrons. The Bertz CT molecular complexity index is 1120. The van der Waals surface area contributed by atoms with Crippen molar-refractivity contribution in [1.82, 2.24) is 10.2 Å². The van der Waals surface area contributed by atoms with Crippen LogP contribution < -0.4 is 9.47 Å². The first-order valence-electron chi connectivity index (χ1n) is 8.53. The summed E-state index contributed by atoms with van der Waals surface area (Å²) in [5, 5.41) is 8.13. The maximum Gasteiger partial charge on any atom is 0.118 e. The van der Waals surface area contributed by atoms with Gasteiger partial charge in [0.15, 0.2) is 0 Å². The van der Waals surface area contributed by atoms with Gasteiger partial charge in [-0.3, -0.25) is 5.10 Å². The number of hydrogen-bond donors (Lipinski definition) is 1. The molecule has 1 aromatic heterocycles. The lowest BCUT2D eigenvalue weighted by molar-refractivity contribution is 0.414. The molecular weight excluding hydrogens is 392 g/mol. The molecule has 0 aliphatic heterocycles. The number of nitrogens with zero attached hydrogens (tertiary/aromatic N) is 1. The molecule has 7 heteroatoms. The Balaban J connectivity index is 1.67. The molecule has 1 unspecified atom stereocenters. The molecule has 0 aliphatic carbocycles. The van der Waals surface area contributed by atoms with Crippen molar-refractivity contribution >= 4 is 33.5 Å². The molecular formula is C21H18N2O3S2. The van der Waals surface area contributed by atoms with Crippen LogP contribution in [0.5, 0.6) is 11.5 Å². The van der Waals surface area contributed by atoms with Gasteiger partial charge in [-0.1, -0.05) is 11.8 Å². The predicted octanol–water partition coefficient (Wildman–Crippen LogP) is 4.90. The molecule has 4 rings (SSSR count). The molecule has 3 aromatic carbocycles. The van der Waals surface area contributed by atoms with Gasteiger partial charge in [0.2, 0.25) is 0 Å². The number of rotatable bonds is 6. The van der Waals surface area contributed by atoms with Crippen LogP contribution in [0.25, 0.3) is 10.9 Å². The summed E-state index contributed by atoms with van der Waals surface area (Å²) in [6, 6.07) is 19.0. The third-order valence-corrected chi connectivity index (χ3v) is 6.82. The third-order valence-electron chi connectivity index (χ3n) is 4.30. The van der Waals surface area contributed by atoms with Gasteiger partial charge in [0.25, 0.3) is 0 Å². The summed E-state index contributed by atoms with van der Waals surface area (Å²) in [4.78, 5) is 3.56. The minimum absolute atomic E-state index is 0.705. The van der Waals surface area contributed by atoms with E-state index in [0.717, 1.165) is 32.2 Å². The largest absolute Gasteiger partial charge is 0.497 e. The van der Waals surface area contributed by atoms with E-state index < -0.39 is 10.8 Å². The zero-order valence-electron chi connectivity index (χ0n) is 15.3. The first-order chi connectivity index (χ1) is 13.7. The predicted molar refractivity (Wildman–Crippen MR) is 111 cm³/mol. The molecule has 0 aliphatic rings. The summed E-state index contributed by atoms with van der Waals surface area (Å²) in [5.41, 5.74) is 0.785. The number of H-pyrrole nitrogens is 1. The smallest absolute Gasteiger partial charge is 0.118 e. The minimum atomic E-state index is -1.32. The Hall–Kier alpha value is -2.77. The van der Waals surface area contributed by atoms with E-state index in [1.165, 1.54) is 0 Å². The molecule has 0 spiro atoms. The second-order valence-electron chi connectivity index (χ2n) is 5.94. The number of hydrogen-bond acceptors (Lipinski definition) is 5. The van der Waals surface area contributed by atoms with Gasteiger partial charge in [0.1, 0.15) is 11.5 Å². The van der Waals surface area contributed by atoms with Crippen LogP contribution in [-0.4, -0.2) is 28.6 Å². The van der Waals surface area contributed by atoms with E-state index in [4.69, 9.17) is 9.47 Å². The van der Waals surface area contributed by atoms with E-state index in [-0.39, 0.29) is 0 Å². The normalized spacial score (nSPS) is 12.1. The first-order valence-corrected chi connectivity index (χ1v) is 10.5. The summed E-state index contributed by atoms with van der Waals surface area (Å²) in [5.74, 6) is 1.56. The molecule has 28 heavy (non-hydrogen) atoms. The van der Waals surface area contributed by atoms with Crippen LogP contribution in [0.4, 0.5) is 0 Å². The summed E-state index contributed by atoms with van der Waals surface area (Å²) in [6.07, 6.45) is 1.77. The second kappa shape index (κ2) is 8.08. The number of fused-ring (bicyclic) bond motifs is 1. The van der Waals surface area contributed by atoms with Crippen molar-refractivity contribution in [3.8, 4) is 11.5 Å². The Labute approximate surface area is 169 Å². The zero-order chi connectivity index (χ0) is 19.5. The Morgan fingerprint density at radius 1 is 0.893 bits per heavy atom. The van der Waals surface area contributed by atoms with Crippen LogP contribution in [0, 0.1) is 0 Å². The number of nitrogens with one attached hydrogen (secondary N) is 1. The van der Waals surface area contributed by atoms with Crippen molar-refractivity contribution in [3.05, 3.63) is 66.9 Å². The summed E-state index contributed by atoms with van der Waals surface area (Å²) in [6.45, 7) is 0. The van der Waals surface area contributed by atoms with Crippen LogP contribution in [0.3, 0.4) is 0 Å². The monoisotopic (exact) mass is 410 g/mol. The average Bonchev–Trinajstić information content (AvgIpc) is 3.24. The quantitative estimate of drug-likeness (QED) is 0.490. The van der Waals surface area contributed by atoms with Crippen molar-refractivity contribution in [2.45, 2.75) is 19.6 Å². The minimum Gasteiger partial charge on any atom is -0.497 e. The molecule has 5 nitrogen and oxygen atoms in total. The van der Waals surface area contributed by atoms with Crippen molar-refractivity contribution in [2.24, 2.45) is 0 Å². The number of benzene rings is 3. The summed E-state index contributed by atoms with van der Waals surface area (Å²) < 4.78 is 23.5. The molecule has 0 saturated heterocycles. The van der Waals surface area contributed by atoms with Crippen molar-refractivity contribution in [1.29, 1.82) is 0 Å². The van der Waals surface area contributed by atoms with Gasteiger partial charge < -0.3 is 9.47 Å². The van der Waals surface area contributed by atoms with Gasteiger partial charge in [0.05, 0.1) is 41.6 Å². The van der Waals surface area contributed by atoms with Crippen molar-refractivity contribution in [3.63, 3.8) is 0 Å². The highest BCUT2D eigenvalue weighted by atomic mass is 32.2. The van der Waals surface area contributed by atoms with Crippen molar-refractivity contribution in [2.75, 3.05) is 14.2 Å². The van der Waals surface area contributed by atoms with Gasteiger partial charge in [0, 0.05) is 20.1 Å². The van der Waals surface area contributed by atoms with Crippen LogP contribution in [0.2, 0.25) is 0 Å². The second-order valence-corrected chi connectivity index (χ2v) is 8.51. The van der Waals surface area contributed by atoms with Crippen LogP contribution in [-0.2, 0) is 10.8 Å². The summed E-state index contributed by atoms with van der Waals surface area (Å²) in [7, 11) is 1.94. The lowest BCUT2D eigenvalue weighted by atomic mass is 10.2. The molecule has 4 aromatic rings. The molecule has 1 atom stereocenters. The molecule has 0 radical (unpaired) electrons. The van der Waals surface area contributed by atoms with Gasteiger partial charge in [-0.2, -0.15) is 5.10 Å². The zero-order valence-corrected chi connectivity index (χ0v) is 17.0. The molecule has 0 saturated carbocycles. The van der Waals surface area contributed by atoms with E-state index in [0.29, 0.717) is 9.79 Å². The Morgan fingerprint density at radius 3 is 2.18 bits per heavy atom. The van der Waals surface area contributed by atoms with E-state index in [9.17, 15) is 4.21 Å². The first kappa shape index (κ1) is 18.6. The maximum absolute atomic E-state index is 13.1. The number of ether oxygens (including phenoxy) is 2.